The topological polar surface area (TPSA) is 21.1 Å². The number of fused-ring (bicyclic) bond motifs is 6. The Morgan fingerprint density at radius 2 is 1.33 bits per heavy atom. The molecule has 0 saturated carbocycles. The molecule has 0 amide bonds. The van der Waals surface area contributed by atoms with Crippen LogP contribution in [0.15, 0.2) is 182 Å². The monoisotopic (exact) mass is 695 g/mol. The molecule has 2 aliphatic carbocycles. The number of para-hydroxylation sites is 2. The van der Waals surface area contributed by atoms with E-state index < -0.39 is 0 Å². The number of aromatic nitrogens is 2. The van der Waals surface area contributed by atoms with E-state index in [0.29, 0.717) is 5.92 Å². The summed E-state index contributed by atoms with van der Waals surface area (Å²) in [4.78, 5) is 6.91. The van der Waals surface area contributed by atoms with Crippen molar-refractivity contribution in [3.63, 3.8) is 0 Å². The molecule has 54 heavy (non-hydrogen) atoms. The second-order valence-electron chi connectivity index (χ2n) is 15.4. The van der Waals surface area contributed by atoms with E-state index in [2.05, 4.69) is 193 Å². The molecule has 2 aromatic heterocycles. The molecule has 0 spiro atoms. The maximum atomic E-state index is 4.46. The van der Waals surface area contributed by atoms with Gasteiger partial charge < -0.3 is 9.47 Å². The van der Waals surface area contributed by atoms with Crippen LogP contribution in [-0.2, 0) is 5.41 Å². The number of hydrogen-bond donors (Lipinski definition) is 0. The normalized spacial score (nSPS) is 15.8. The molecule has 10 rings (SSSR count). The van der Waals surface area contributed by atoms with Gasteiger partial charge in [0.2, 0.25) is 0 Å². The van der Waals surface area contributed by atoms with Crippen molar-refractivity contribution in [1.29, 1.82) is 0 Å². The Bertz CT molecular complexity index is 2770. The quantitative estimate of drug-likeness (QED) is 0.173. The molecule has 8 aromatic rings. The first kappa shape index (κ1) is 32.2. The fraction of sp³-hybridized carbons (Fsp3) is 0.118. The van der Waals surface area contributed by atoms with Crippen LogP contribution >= 0.6 is 0 Å². The Kier molecular flexibility index (Phi) is 7.52. The molecule has 0 bridgehead atoms. The third-order valence-electron chi connectivity index (χ3n) is 11.6. The van der Waals surface area contributed by atoms with Gasteiger partial charge >= 0.3 is 0 Å². The average molecular weight is 696 g/mol. The highest BCUT2D eigenvalue weighted by Gasteiger charge is 2.36. The van der Waals surface area contributed by atoms with Gasteiger partial charge in [-0.1, -0.05) is 118 Å². The van der Waals surface area contributed by atoms with Gasteiger partial charge in [0, 0.05) is 51.3 Å². The summed E-state index contributed by atoms with van der Waals surface area (Å²) in [5.41, 5.74) is 17.3. The van der Waals surface area contributed by atoms with Crippen molar-refractivity contribution in [1.82, 2.24) is 9.55 Å². The SMILES string of the molecule is CC1C=C(N(c2ccc(-c3ccc4c(c3)c3ccccc3n4-c3ccccc3)cc2)c2ccc3c(c2)C(C)(C)c2ccccc2-3)C=C(c2cccnc2)C1. The number of hydrogen-bond acceptors (Lipinski definition) is 2. The molecule has 0 saturated heterocycles. The largest absolute Gasteiger partial charge is 0.311 e. The van der Waals surface area contributed by atoms with Gasteiger partial charge in [-0.3, -0.25) is 4.98 Å². The summed E-state index contributed by atoms with van der Waals surface area (Å²) < 4.78 is 2.37. The third kappa shape index (κ3) is 5.22. The summed E-state index contributed by atoms with van der Waals surface area (Å²) in [6.07, 6.45) is 9.62. The van der Waals surface area contributed by atoms with Crippen LogP contribution in [0.4, 0.5) is 11.4 Å². The molecule has 3 heteroatoms. The molecule has 0 N–H and O–H groups in total. The van der Waals surface area contributed by atoms with Gasteiger partial charge in [-0.25, -0.2) is 0 Å². The standard InChI is InChI=1S/C51H41N3/c1-34-28-38(37-12-11-27-52-33-37)30-42(29-34)53(41-24-25-44-43-15-7-9-17-47(43)51(2,3)48(44)32-41)40-22-19-35(20-23-40)36-21-26-50-46(31-36)45-16-8-10-18-49(45)54(50)39-13-5-4-6-14-39/h4-27,29-34H,28H2,1-3H3. The molecule has 0 fully saturated rings. The number of benzene rings is 6. The smallest absolute Gasteiger partial charge is 0.0541 e. The molecule has 1 unspecified atom stereocenters. The van der Waals surface area contributed by atoms with Crippen molar-refractivity contribution in [3.05, 3.63) is 199 Å². The third-order valence-corrected chi connectivity index (χ3v) is 11.6. The van der Waals surface area contributed by atoms with Crippen LogP contribution in [0.25, 0.3) is 55.3 Å². The molecular weight excluding hydrogens is 655 g/mol. The summed E-state index contributed by atoms with van der Waals surface area (Å²) in [6, 6.07) is 55.6. The number of allylic oxidation sites excluding steroid dienone is 3. The molecule has 2 aliphatic rings. The lowest BCUT2D eigenvalue weighted by atomic mass is 9.82. The number of nitrogens with zero attached hydrogens (tertiary/aromatic N) is 3. The van der Waals surface area contributed by atoms with Gasteiger partial charge in [-0.15, -0.1) is 0 Å². The lowest BCUT2D eigenvalue weighted by Gasteiger charge is -2.32. The van der Waals surface area contributed by atoms with E-state index in [1.54, 1.807) is 0 Å². The first-order valence-electron chi connectivity index (χ1n) is 19.0. The predicted octanol–water partition coefficient (Wildman–Crippen LogP) is 13.3. The first-order valence-corrected chi connectivity index (χ1v) is 19.0. The Morgan fingerprint density at radius 3 is 2.17 bits per heavy atom. The van der Waals surface area contributed by atoms with Crippen LogP contribution in [-0.4, -0.2) is 9.55 Å². The van der Waals surface area contributed by atoms with Crippen molar-refractivity contribution in [2.45, 2.75) is 32.6 Å². The van der Waals surface area contributed by atoms with Crippen molar-refractivity contribution in [2.24, 2.45) is 5.92 Å². The van der Waals surface area contributed by atoms with Crippen LogP contribution < -0.4 is 4.90 Å². The molecule has 0 radical (unpaired) electrons. The molecule has 1 atom stereocenters. The van der Waals surface area contributed by atoms with Crippen LogP contribution in [0, 0.1) is 5.92 Å². The van der Waals surface area contributed by atoms with Gasteiger partial charge in [0.1, 0.15) is 0 Å². The van der Waals surface area contributed by atoms with E-state index in [-0.39, 0.29) is 5.41 Å². The van der Waals surface area contributed by atoms with Crippen LogP contribution in [0.1, 0.15) is 43.9 Å². The van der Waals surface area contributed by atoms with Gasteiger partial charge in [0.05, 0.1) is 11.0 Å². The Labute approximate surface area is 317 Å². The van der Waals surface area contributed by atoms with E-state index in [4.69, 9.17) is 0 Å². The number of anilines is 2. The lowest BCUT2D eigenvalue weighted by molar-refractivity contribution is 0.660. The minimum Gasteiger partial charge on any atom is -0.311 e. The minimum absolute atomic E-state index is 0.0926. The molecule has 2 heterocycles. The summed E-state index contributed by atoms with van der Waals surface area (Å²) in [6.45, 7) is 7.03. The number of rotatable bonds is 6. The van der Waals surface area contributed by atoms with E-state index >= 15 is 0 Å². The summed E-state index contributed by atoms with van der Waals surface area (Å²) in [7, 11) is 0. The van der Waals surface area contributed by atoms with Crippen molar-refractivity contribution < 1.29 is 0 Å². The highest BCUT2D eigenvalue weighted by molar-refractivity contribution is 6.10. The second kappa shape index (κ2) is 12.6. The highest BCUT2D eigenvalue weighted by Crippen LogP contribution is 2.50. The fourth-order valence-corrected chi connectivity index (χ4v) is 8.97. The summed E-state index contributed by atoms with van der Waals surface area (Å²) >= 11 is 0. The Morgan fingerprint density at radius 1 is 0.611 bits per heavy atom. The van der Waals surface area contributed by atoms with E-state index in [0.717, 1.165) is 12.1 Å². The van der Waals surface area contributed by atoms with E-state index in [9.17, 15) is 0 Å². The Balaban J connectivity index is 1.09. The molecule has 0 aliphatic heterocycles. The summed E-state index contributed by atoms with van der Waals surface area (Å²) in [5.74, 6) is 0.377. The fourth-order valence-electron chi connectivity index (χ4n) is 8.97. The molecule has 260 valence electrons. The van der Waals surface area contributed by atoms with Gasteiger partial charge in [-0.2, -0.15) is 0 Å². The first-order chi connectivity index (χ1) is 26.4. The maximum absolute atomic E-state index is 4.46. The van der Waals surface area contributed by atoms with Crippen LogP contribution in [0.3, 0.4) is 0 Å². The zero-order valence-corrected chi connectivity index (χ0v) is 30.9. The zero-order chi connectivity index (χ0) is 36.4. The molecule has 3 nitrogen and oxygen atoms in total. The molecular formula is C51H41N3. The lowest BCUT2D eigenvalue weighted by Crippen LogP contribution is -2.20. The molecule has 6 aromatic carbocycles. The van der Waals surface area contributed by atoms with Crippen molar-refractivity contribution in [3.8, 4) is 27.9 Å². The Hall–Kier alpha value is -6.45. The minimum atomic E-state index is -0.0926. The number of pyridine rings is 1. The van der Waals surface area contributed by atoms with E-state index in [1.165, 1.54) is 83.4 Å². The van der Waals surface area contributed by atoms with Crippen LogP contribution in [0.2, 0.25) is 0 Å². The summed E-state index contributed by atoms with van der Waals surface area (Å²) in [5, 5.41) is 2.52. The van der Waals surface area contributed by atoms with Crippen molar-refractivity contribution >= 4 is 38.8 Å². The second-order valence-corrected chi connectivity index (χ2v) is 15.4. The van der Waals surface area contributed by atoms with Crippen LogP contribution in [0.5, 0.6) is 0 Å². The van der Waals surface area contributed by atoms with Gasteiger partial charge in [-0.05, 0) is 124 Å². The van der Waals surface area contributed by atoms with Gasteiger partial charge in [0.25, 0.3) is 0 Å². The predicted molar refractivity (Wildman–Crippen MR) is 226 cm³/mol. The highest BCUT2D eigenvalue weighted by atomic mass is 15.1. The zero-order valence-electron chi connectivity index (χ0n) is 30.9. The van der Waals surface area contributed by atoms with Crippen molar-refractivity contribution in [2.75, 3.05) is 4.90 Å². The van der Waals surface area contributed by atoms with E-state index in [1.807, 2.05) is 18.5 Å². The van der Waals surface area contributed by atoms with Gasteiger partial charge in [0.15, 0.2) is 0 Å². The average Bonchev–Trinajstić information content (AvgIpc) is 3.66. The maximum Gasteiger partial charge on any atom is 0.0541 e.